The number of nitrogens with zero attached hydrogens (tertiary/aromatic N) is 1. The first-order chi connectivity index (χ1) is 19.5. The van der Waals surface area contributed by atoms with E-state index in [1.807, 2.05) is 36.4 Å². The van der Waals surface area contributed by atoms with Crippen molar-refractivity contribution in [2.75, 3.05) is 48.8 Å². The lowest BCUT2D eigenvalue weighted by Gasteiger charge is -2.13. The molecule has 0 bridgehead atoms. The van der Waals surface area contributed by atoms with Crippen LogP contribution in [0.3, 0.4) is 0 Å². The highest BCUT2D eigenvalue weighted by Crippen LogP contribution is 2.42. The first kappa shape index (κ1) is 28.8. The lowest BCUT2D eigenvalue weighted by molar-refractivity contribution is 0.252. The van der Waals surface area contributed by atoms with Crippen LogP contribution >= 0.6 is 11.6 Å². The van der Waals surface area contributed by atoms with E-state index in [1.54, 1.807) is 53.7 Å². The standard InChI is InChI=1S/C30H32ClNO8/c1-33-23-10-8-19(14-26(23)38-12-6-7-13-39-27-17-21(31)9-11-24(27)34-2)25-18-22(32-40-25)20-15-28(35-3)30(37-5)29(16-20)36-4/h8-11,14-18H,6-7,12-13H2,1-5H3. The average Bonchev–Trinajstić information content (AvgIpc) is 3.48. The van der Waals surface area contributed by atoms with Crippen LogP contribution < -0.4 is 33.2 Å². The molecule has 4 rings (SSSR count). The molecule has 9 nitrogen and oxygen atoms in total. The molecule has 0 spiro atoms. The summed E-state index contributed by atoms with van der Waals surface area (Å²) < 4.78 is 44.7. The number of hydrogen-bond donors (Lipinski definition) is 0. The number of benzene rings is 3. The highest BCUT2D eigenvalue weighted by atomic mass is 35.5. The molecule has 0 atom stereocenters. The van der Waals surface area contributed by atoms with Crippen molar-refractivity contribution in [1.82, 2.24) is 5.16 Å². The number of rotatable bonds is 14. The van der Waals surface area contributed by atoms with Crippen molar-refractivity contribution in [3.63, 3.8) is 0 Å². The van der Waals surface area contributed by atoms with Gasteiger partial charge in [0.05, 0.1) is 48.8 Å². The summed E-state index contributed by atoms with van der Waals surface area (Å²) in [4.78, 5) is 0. The Morgan fingerprint density at radius 2 is 1.15 bits per heavy atom. The summed E-state index contributed by atoms with van der Waals surface area (Å²) in [6.45, 7) is 0.974. The Hall–Kier alpha value is -4.24. The van der Waals surface area contributed by atoms with Crippen LogP contribution in [-0.2, 0) is 0 Å². The second kappa shape index (κ2) is 13.7. The second-order valence-electron chi connectivity index (χ2n) is 8.56. The van der Waals surface area contributed by atoms with Crippen molar-refractivity contribution >= 4 is 11.6 Å². The van der Waals surface area contributed by atoms with E-state index in [2.05, 4.69) is 5.16 Å². The topological polar surface area (TPSA) is 90.6 Å². The van der Waals surface area contributed by atoms with Gasteiger partial charge in [-0.2, -0.15) is 0 Å². The smallest absolute Gasteiger partial charge is 0.203 e. The fourth-order valence-electron chi connectivity index (χ4n) is 4.05. The molecule has 212 valence electrons. The number of aromatic nitrogens is 1. The monoisotopic (exact) mass is 569 g/mol. The van der Waals surface area contributed by atoms with Gasteiger partial charge in [-0.25, -0.2) is 0 Å². The molecular formula is C30H32ClNO8. The molecule has 3 aromatic carbocycles. The molecule has 0 N–H and O–H groups in total. The van der Waals surface area contributed by atoms with Crippen LogP contribution in [-0.4, -0.2) is 53.9 Å². The number of hydrogen-bond acceptors (Lipinski definition) is 9. The summed E-state index contributed by atoms with van der Waals surface area (Å²) >= 11 is 6.07. The molecule has 0 fully saturated rings. The van der Waals surface area contributed by atoms with Crippen LogP contribution in [0.4, 0.5) is 0 Å². The lowest BCUT2D eigenvalue weighted by atomic mass is 10.1. The second-order valence-corrected chi connectivity index (χ2v) is 8.99. The predicted molar refractivity (Wildman–Crippen MR) is 152 cm³/mol. The molecular weight excluding hydrogens is 538 g/mol. The molecule has 40 heavy (non-hydrogen) atoms. The van der Waals surface area contributed by atoms with Crippen LogP contribution in [0.25, 0.3) is 22.6 Å². The lowest BCUT2D eigenvalue weighted by Crippen LogP contribution is -2.04. The number of ether oxygens (including phenoxy) is 7. The molecule has 0 aliphatic rings. The van der Waals surface area contributed by atoms with Gasteiger partial charge >= 0.3 is 0 Å². The Labute approximate surface area is 238 Å². The van der Waals surface area contributed by atoms with Crippen LogP contribution in [0.1, 0.15) is 12.8 Å². The normalized spacial score (nSPS) is 10.7. The van der Waals surface area contributed by atoms with Gasteiger partial charge in [-0.05, 0) is 55.3 Å². The van der Waals surface area contributed by atoms with E-state index in [-0.39, 0.29) is 0 Å². The Morgan fingerprint density at radius 1 is 0.600 bits per heavy atom. The van der Waals surface area contributed by atoms with E-state index in [4.69, 9.17) is 49.3 Å². The minimum atomic E-state index is 0.475. The van der Waals surface area contributed by atoms with E-state index in [0.717, 1.165) is 24.0 Å². The van der Waals surface area contributed by atoms with E-state index in [9.17, 15) is 0 Å². The molecule has 4 aromatic rings. The van der Waals surface area contributed by atoms with E-state index in [1.165, 1.54) is 0 Å². The fraction of sp³-hybridized carbons (Fsp3) is 0.300. The first-order valence-electron chi connectivity index (χ1n) is 12.6. The Morgan fingerprint density at radius 3 is 1.73 bits per heavy atom. The molecule has 0 radical (unpaired) electrons. The summed E-state index contributed by atoms with van der Waals surface area (Å²) in [6.07, 6.45) is 1.54. The average molecular weight is 570 g/mol. The third-order valence-corrected chi connectivity index (χ3v) is 6.33. The number of unbranched alkanes of at least 4 members (excludes halogenated alkanes) is 1. The van der Waals surface area contributed by atoms with Crippen molar-refractivity contribution in [2.45, 2.75) is 12.8 Å². The molecule has 1 heterocycles. The van der Waals surface area contributed by atoms with Gasteiger partial charge in [-0.3, -0.25) is 0 Å². The Kier molecular flexibility index (Phi) is 9.86. The molecule has 0 unspecified atom stereocenters. The zero-order valence-electron chi connectivity index (χ0n) is 23.1. The van der Waals surface area contributed by atoms with Crippen LogP contribution in [0.5, 0.6) is 40.2 Å². The van der Waals surface area contributed by atoms with Crippen molar-refractivity contribution in [3.05, 3.63) is 59.6 Å². The van der Waals surface area contributed by atoms with Crippen LogP contribution in [0.15, 0.2) is 59.1 Å². The molecule has 0 amide bonds. The summed E-state index contributed by atoms with van der Waals surface area (Å²) in [6, 6.07) is 16.3. The van der Waals surface area contributed by atoms with Gasteiger partial charge in [0.25, 0.3) is 0 Å². The molecule has 0 aliphatic carbocycles. The van der Waals surface area contributed by atoms with Gasteiger partial charge in [-0.15, -0.1) is 0 Å². The van der Waals surface area contributed by atoms with Gasteiger partial charge in [-0.1, -0.05) is 16.8 Å². The Balaban J connectivity index is 1.41. The molecule has 10 heteroatoms. The third kappa shape index (κ3) is 6.66. The predicted octanol–water partition coefficient (Wildman–Crippen LogP) is 6.94. The SMILES string of the molecule is COc1ccc(Cl)cc1OCCCCOc1cc(-c2cc(-c3cc(OC)c(OC)c(OC)c3)no2)ccc1OC. The fourth-order valence-corrected chi connectivity index (χ4v) is 4.21. The van der Waals surface area contributed by atoms with Crippen molar-refractivity contribution in [3.8, 4) is 62.8 Å². The minimum absolute atomic E-state index is 0.475. The van der Waals surface area contributed by atoms with Crippen molar-refractivity contribution in [2.24, 2.45) is 0 Å². The zero-order chi connectivity index (χ0) is 28.5. The zero-order valence-corrected chi connectivity index (χ0v) is 23.9. The molecule has 0 saturated carbocycles. The van der Waals surface area contributed by atoms with E-state index >= 15 is 0 Å². The van der Waals surface area contributed by atoms with Crippen LogP contribution in [0.2, 0.25) is 5.02 Å². The van der Waals surface area contributed by atoms with Crippen LogP contribution in [0, 0.1) is 0 Å². The largest absolute Gasteiger partial charge is 0.493 e. The maximum absolute atomic E-state index is 6.07. The number of methoxy groups -OCH3 is 5. The molecule has 1 aromatic heterocycles. The summed E-state index contributed by atoms with van der Waals surface area (Å²) in [5, 5.41) is 4.84. The quantitative estimate of drug-likeness (QED) is 0.150. The van der Waals surface area contributed by atoms with Gasteiger partial charge in [0, 0.05) is 28.3 Å². The van der Waals surface area contributed by atoms with E-state index in [0.29, 0.717) is 69.9 Å². The Bertz CT molecular complexity index is 1400. The van der Waals surface area contributed by atoms with Gasteiger partial charge in [0.2, 0.25) is 5.75 Å². The highest BCUT2D eigenvalue weighted by Gasteiger charge is 2.18. The summed E-state index contributed by atoms with van der Waals surface area (Å²) in [5.74, 6) is 4.60. The van der Waals surface area contributed by atoms with E-state index < -0.39 is 0 Å². The maximum atomic E-state index is 6.07. The van der Waals surface area contributed by atoms with Gasteiger partial charge in [0.1, 0.15) is 5.69 Å². The summed E-state index contributed by atoms with van der Waals surface area (Å²) in [7, 11) is 7.89. The van der Waals surface area contributed by atoms with Crippen molar-refractivity contribution < 1.29 is 37.7 Å². The first-order valence-corrected chi connectivity index (χ1v) is 12.9. The number of halogens is 1. The third-order valence-electron chi connectivity index (χ3n) is 6.10. The summed E-state index contributed by atoms with van der Waals surface area (Å²) in [5.41, 5.74) is 2.16. The van der Waals surface area contributed by atoms with Gasteiger partial charge in [0.15, 0.2) is 40.3 Å². The molecule has 0 saturated heterocycles. The highest BCUT2D eigenvalue weighted by molar-refractivity contribution is 6.30. The maximum Gasteiger partial charge on any atom is 0.203 e. The molecule has 0 aliphatic heterocycles. The van der Waals surface area contributed by atoms with Gasteiger partial charge < -0.3 is 37.7 Å². The van der Waals surface area contributed by atoms with Crippen molar-refractivity contribution in [1.29, 1.82) is 0 Å². The minimum Gasteiger partial charge on any atom is -0.493 e.